The van der Waals surface area contributed by atoms with E-state index in [9.17, 15) is 0 Å². The van der Waals surface area contributed by atoms with Gasteiger partial charge in [-0.25, -0.2) is 0 Å². The van der Waals surface area contributed by atoms with Gasteiger partial charge in [-0.2, -0.15) is 0 Å². The van der Waals surface area contributed by atoms with Gasteiger partial charge in [0.15, 0.2) is 0 Å². The normalized spacial score (nSPS) is 11.3. The molecule has 0 saturated heterocycles. The van der Waals surface area contributed by atoms with E-state index < -0.39 is 0 Å². The largest absolute Gasteiger partial charge is 0.257 e. The van der Waals surface area contributed by atoms with E-state index in [0.29, 0.717) is 29.6 Å². The number of hydrogen-bond donors (Lipinski definition) is 0. The van der Waals surface area contributed by atoms with Crippen molar-refractivity contribution in [3.63, 3.8) is 0 Å². The summed E-state index contributed by atoms with van der Waals surface area (Å²) in [4.78, 5) is 5.16. The summed E-state index contributed by atoms with van der Waals surface area (Å²) in [6.45, 7) is 33.5. The lowest BCUT2D eigenvalue weighted by Crippen LogP contribution is -2.16. The first-order valence-electron chi connectivity index (χ1n) is 11.4. The molecule has 160 valence electrons. The second-order valence-corrected chi connectivity index (χ2v) is 9.63. The molecule has 0 aliphatic rings. The molecule has 0 aliphatic heterocycles. The Labute approximate surface area is 172 Å². The third-order valence-corrected chi connectivity index (χ3v) is 4.20. The van der Waals surface area contributed by atoms with Crippen molar-refractivity contribution in [3.05, 3.63) is 28.1 Å². The maximum atomic E-state index is 5.16. The van der Waals surface area contributed by atoms with Crippen LogP contribution >= 0.6 is 0 Å². The van der Waals surface area contributed by atoms with Gasteiger partial charge in [0.25, 0.3) is 0 Å². The van der Waals surface area contributed by atoms with Crippen LogP contribution < -0.4 is 0 Å². The highest BCUT2D eigenvalue weighted by Gasteiger charge is 2.26. The number of rotatable bonds is 5. The Kier molecular flexibility index (Phi) is 14.0. The monoisotopic (exact) mass is 377 g/mol. The van der Waals surface area contributed by atoms with Crippen LogP contribution in [0.3, 0.4) is 0 Å². The van der Waals surface area contributed by atoms with E-state index in [4.69, 9.17) is 4.98 Å². The van der Waals surface area contributed by atoms with Crippen molar-refractivity contribution >= 4 is 0 Å². The Hall–Kier alpha value is -0.850. The van der Waals surface area contributed by atoms with E-state index in [-0.39, 0.29) is 0 Å². The van der Waals surface area contributed by atoms with Crippen LogP contribution in [0.5, 0.6) is 0 Å². The minimum atomic E-state index is 0.485. The van der Waals surface area contributed by atoms with Crippen LogP contribution in [0.15, 0.2) is 0 Å². The highest BCUT2D eigenvalue weighted by Crippen LogP contribution is 2.40. The van der Waals surface area contributed by atoms with E-state index >= 15 is 0 Å². The lowest BCUT2D eigenvalue weighted by molar-refractivity contribution is 0.662. The first-order chi connectivity index (χ1) is 12.3. The van der Waals surface area contributed by atoms with Gasteiger partial charge in [-0.15, -0.1) is 0 Å². The fourth-order valence-electron chi connectivity index (χ4n) is 3.39. The van der Waals surface area contributed by atoms with E-state index in [1.165, 1.54) is 22.5 Å². The van der Waals surface area contributed by atoms with Crippen molar-refractivity contribution in [1.29, 1.82) is 0 Å². The van der Waals surface area contributed by atoms with Crippen LogP contribution in [-0.4, -0.2) is 4.98 Å². The van der Waals surface area contributed by atoms with Crippen LogP contribution in [0.2, 0.25) is 0 Å². The van der Waals surface area contributed by atoms with Gasteiger partial charge in [0, 0.05) is 11.4 Å². The van der Waals surface area contributed by atoms with Crippen LogP contribution in [0.4, 0.5) is 0 Å². The molecule has 1 aromatic heterocycles. The second-order valence-electron chi connectivity index (χ2n) is 9.63. The van der Waals surface area contributed by atoms with Crippen molar-refractivity contribution in [2.24, 2.45) is 5.92 Å². The van der Waals surface area contributed by atoms with Crippen molar-refractivity contribution in [1.82, 2.24) is 4.98 Å². The van der Waals surface area contributed by atoms with Crippen molar-refractivity contribution in [2.45, 2.75) is 133 Å². The molecule has 1 heteroatoms. The summed E-state index contributed by atoms with van der Waals surface area (Å²) in [6, 6.07) is 0. The zero-order valence-electron chi connectivity index (χ0n) is 21.4. The quantitative estimate of drug-likeness (QED) is 0.498. The second kappa shape index (κ2) is 13.3. The lowest BCUT2D eigenvalue weighted by Gasteiger charge is -2.29. The maximum absolute atomic E-state index is 5.16. The molecule has 0 aliphatic carbocycles. The number of nitrogens with zero attached hydrogens (tertiary/aromatic N) is 1. The van der Waals surface area contributed by atoms with Crippen molar-refractivity contribution in [2.75, 3.05) is 0 Å². The van der Waals surface area contributed by atoms with Crippen molar-refractivity contribution in [3.8, 4) is 0 Å². The molecular formula is C26H51N. The van der Waals surface area contributed by atoms with Gasteiger partial charge >= 0.3 is 0 Å². The van der Waals surface area contributed by atoms with Crippen molar-refractivity contribution < 1.29 is 0 Å². The topological polar surface area (TPSA) is 12.9 Å². The summed E-state index contributed by atoms with van der Waals surface area (Å²) in [5.41, 5.74) is 7.23. The smallest absolute Gasteiger partial charge is 0.0470 e. The third-order valence-electron chi connectivity index (χ3n) is 4.20. The lowest BCUT2D eigenvalue weighted by atomic mass is 9.78. The Morgan fingerprint density at radius 2 is 0.630 bits per heavy atom. The third kappa shape index (κ3) is 8.79. The van der Waals surface area contributed by atoms with Crippen LogP contribution in [0.1, 0.15) is 162 Å². The summed E-state index contributed by atoms with van der Waals surface area (Å²) in [5.74, 6) is 3.42. The Bertz CT molecular complexity index is 478. The Morgan fingerprint density at radius 1 is 0.407 bits per heavy atom. The highest BCUT2D eigenvalue weighted by atomic mass is 14.7. The summed E-state index contributed by atoms with van der Waals surface area (Å²) < 4.78 is 0. The van der Waals surface area contributed by atoms with E-state index in [2.05, 4.69) is 90.0 Å². The van der Waals surface area contributed by atoms with Crippen LogP contribution in [0.25, 0.3) is 0 Å². The summed E-state index contributed by atoms with van der Waals surface area (Å²) >= 11 is 0. The predicted octanol–water partition coefficient (Wildman–Crippen LogP) is 9.39. The fraction of sp³-hybridized carbons (Fsp3) is 0.808. The summed E-state index contributed by atoms with van der Waals surface area (Å²) in [5, 5.41) is 0. The molecule has 0 unspecified atom stereocenters. The first-order valence-corrected chi connectivity index (χ1v) is 11.4. The molecule has 0 spiro atoms. The number of aromatic nitrogens is 1. The van der Waals surface area contributed by atoms with E-state index in [1.807, 2.05) is 13.8 Å². The van der Waals surface area contributed by atoms with Crippen LogP contribution in [0, 0.1) is 5.92 Å². The van der Waals surface area contributed by atoms with Crippen LogP contribution in [-0.2, 0) is 0 Å². The fourth-order valence-corrected chi connectivity index (χ4v) is 3.39. The SMILES string of the molecule is CC.CC(C)C.CC(C)c1nc(C(C)C)c(C(C)C)c(C(C)C)c1C(C)C. The molecule has 0 saturated carbocycles. The first kappa shape index (κ1) is 28.4. The van der Waals surface area contributed by atoms with E-state index in [0.717, 1.165) is 5.92 Å². The minimum absolute atomic E-state index is 0.485. The average molecular weight is 378 g/mol. The number of hydrogen-bond acceptors (Lipinski definition) is 1. The molecule has 1 nitrogen and oxygen atoms in total. The average Bonchev–Trinajstić information content (AvgIpc) is 2.53. The Balaban J connectivity index is 0. The molecule has 0 bridgehead atoms. The molecule has 0 N–H and O–H groups in total. The van der Waals surface area contributed by atoms with Gasteiger partial charge in [-0.05, 0) is 52.2 Å². The maximum Gasteiger partial charge on any atom is 0.0470 e. The molecule has 0 aromatic carbocycles. The minimum Gasteiger partial charge on any atom is -0.257 e. The summed E-state index contributed by atoms with van der Waals surface area (Å²) in [6.07, 6.45) is 0. The number of pyridine rings is 1. The van der Waals surface area contributed by atoms with E-state index in [1.54, 1.807) is 5.56 Å². The van der Waals surface area contributed by atoms with Gasteiger partial charge in [-0.1, -0.05) is 104 Å². The van der Waals surface area contributed by atoms with Gasteiger partial charge < -0.3 is 0 Å². The zero-order chi connectivity index (χ0) is 22.1. The highest BCUT2D eigenvalue weighted by molar-refractivity contribution is 5.47. The molecule has 0 radical (unpaired) electrons. The van der Waals surface area contributed by atoms with Gasteiger partial charge in [0.05, 0.1) is 0 Å². The summed E-state index contributed by atoms with van der Waals surface area (Å²) in [7, 11) is 0. The van der Waals surface area contributed by atoms with Gasteiger partial charge in [-0.3, -0.25) is 4.98 Å². The molecule has 27 heavy (non-hydrogen) atoms. The van der Waals surface area contributed by atoms with Gasteiger partial charge in [0.2, 0.25) is 0 Å². The molecular weight excluding hydrogens is 326 g/mol. The molecule has 1 rings (SSSR count). The standard InChI is InChI=1S/C20H35N.C4H10.C2H6/c1-11(2)16-17(12(3)4)19(14(7)8)21-20(15(9)10)18(16)13(5)6;1-4(2)3;1-2/h11-15H,1-10H3;4H,1-3H3;1-2H3. The molecule has 0 fully saturated rings. The predicted molar refractivity (Wildman–Crippen MR) is 127 cm³/mol. The molecule has 0 atom stereocenters. The van der Waals surface area contributed by atoms with Gasteiger partial charge in [0.1, 0.15) is 0 Å². The Morgan fingerprint density at radius 3 is 0.778 bits per heavy atom. The molecule has 1 aromatic rings. The molecule has 1 heterocycles. The zero-order valence-corrected chi connectivity index (χ0v) is 21.4. The molecule has 0 amide bonds.